The number of aromatic nitrogens is 1. The summed E-state index contributed by atoms with van der Waals surface area (Å²) in [7, 11) is 1.95. The lowest BCUT2D eigenvalue weighted by atomic mass is 10.2. The predicted molar refractivity (Wildman–Crippen MR) is 94.4 cm³/mol. The molecule has 1 N–H and O–H groups in total. The summed E-state index contributed by atoms with van der Waals surface area (Å²) in [6.45, 7) is 6.25. The molecule has 0 amide bonds. The average Bonchev–Trinajstić information content (AvgIpc) is 3.30. The van der Waals surface area contributed by atoms with Gasteiger partial charge in [0.15, 0.2) is 0 Å². The third kappa shape index (κ3) is 3.50. The van der Waals surface area contributed by atoms with Crippen LogP contribution in [0.25, 0.3) is 0 Å². The Balaban J connectivity index is 1.64. The van der Waals surface area contributed by atoms with Crippen molar-refractivity contribution in [3.8, 4) is 6.07 Å². The van der Waals surface area contributed by atoms with Crippen molar-refractivity contribution < 1.29 is 0 Å². The number of nitrogens with zero attached hydrogens (tertiary/aromatic N) is 3. The molecule has 1 aliphatic heterocycles. The molecule has 0 spiro atoms. The SMILES string of the molecule is Cc1c(CNCC(c2cccs2)N2CCCC2)cc(C#N)n1C. The van der Waals surface area contributed by atoms with Crippen LogP contribution in [-0.4, -0.2) is 29.1 Å². The van der Waals surface area contributed by atoms with E-state index in [0.717, 1.165) is 18.8 Å². The first kappa shape index (κ1) is 16.3. The van der Waals surface area contributed by atoms with Crippen molar-refractivity contribution in [1.82, 2.24) is 14.8 Å². The first-order chi connectivity index (χ1) is 11.2. The minimum Gasteiger partial charge on any atom is -0.340 e. The highest BCUT2D eigenvalue weighted by Crippen LogP contribution is 2.28. The quantitative estimate of drug-likeness (QED) is 0.885. The Bertz CT molecular complexity index is 675. The fourth-order valence-electron chi connectivity index (χ4n) is 3.34. The molecule has 0 aromatic carbocycles. The van der Waals surface area contributed by atoms with Gasteiger partial charge in [0.1, 0.15) is 11.8 Å². The normalized spacial score (nSPS) is 16.6. The topological polar surface area (TPSA) is 44.0 Å². The standard InChI is InChI=1S/C18H24N4S/c1-14-15(10-16(11-19)21(14)2)12-20-13-17(18-6-5-9-23-18)22-7-3-4-8-22/h5-6,9-10,17,20H,3-4,7-8,12-13H2,1-2H3. The van der Waals surface area contributed by atoms with Gasteiger partial charge < -0.3 is 9.88 Å². The summed E-state index contributed by atoms with van der Waals surface area (Å²) in [4.78, 5) is 4.04. The molecule has 1 unspecified atom stereocenters. The van der Waals surface area contributed by atoms with Crippen LogP contribution in [-0.2, 0) is 13.6 Å². The summed E-state index contributed by atoms with van der Waals surface area (Å²) in [5, 5.41) is 14.9. The van der Waals surface area contributed by atoms with E-state index in [4.69, 9.17) is 5.26 Å². The van der Waals surface area contributed by atoms with Gasteiger partial charge in [0.25, 0.3) is 0 Å². The zero-order valence-corrected chi connectivity index (χ0v) is 14.7. The third-order valence-corrected chi connectivity index (χ3v) is 5.83. The highest BCUT2D eigenvalue weighted by atomic mass is 32.1. The molecule has 4 nitrogen and oxygen atoms in total. The number of thiophene rings is 1. The molecule has 2 aromatic rings. The zero-order chi connectivity index (χ0) is 16.2. The minimum absolute atomic E-state index is 0.469. The predicted octanol–water partition coefficient (Wildman–Crippen LogP) is 3.19. The molecule has 1 fully saturated rings. The highest BCUT2D eigenvalue weighted by Gasteiger charge is 2.23. The first-order valence-corrected chi connectivity index (χ1v) is 9.12. The lowest BCUT2D eigenvalue weighted by Crippen LogP contribution is -2.33. The molecular formula is C18H24N4S. The fraction of sp³-hybridized carbons (Fsp3) is 0.500. The second-order valence-electron chi connectivity index (χ2n) is 6.22. The van der Waals surface area contributed by atoms with E-state index in [1.54, 1.807) is 0 Å². The number of hydrogen-bond donors (Lipinski definition) is 1. The van der Waals surface area contributed by atoms with Crippen molar-refractivity contribution in [2.75, 3.05) is 19.6 Å². The molecule has 1 aliphatic rings. The Kier molecular flexibility index (Phi) is 5.16. The fourth-order valence-corrected chi connectivity index (χ4v) is 4.20. The van der Waals surface area contributed by atoms with E-state index in [0.29, 0.717) is 6.04 Å². The van der Waals surface area contributed by atoms with Crippen LogP contribution in [0, 0.1) is 18.3 Å². The Morgan fingerprint density at radius 2 is 2.17 bits per heavy atom. The van der Waals surface area contributed by atoms with Crippen molar-refractivity contribution in [3.63, 3.8) is 0 Å². The van der Waals surface area contributed by atoms with Crippen LogP contribution in [0.2, 0.25) is 0 Å². The van der Waals surface area contributed by atoms with Gasteiger partial charge >= 0.3 is 0 Å². The molecule has 0 bridgehead atoms. The van der Waals surface area contributed by atoms with Crippen molar-refractivity contribution >= 4 is 11.3 Å². The van der Waals surface area contributed by atoms with Gasteiger partial charge in [-0.2, -0.15) is 5.26 Å². The zero-order valence-electron chi connectivity index (χ0n) is 13.9. The third-order valence-electron chi connectivity index (χ3n) is 4.86. The molecule has 2 aromatic heterocycles. The molecule has 3 heterocycles. The highest BCUT2D eigenvalue weighted by molar-refractivity contribution is 7.10. The molecule has 1 atom stereocenters. The van der Waals surface area contributed by atoms with Crippen molar-refractivity contribution in [2.24, 2.45) is 7.05 Å². The Hall–Kier alpha value is -1.61. The number of nitrogens with one attached hydrogen (secondary N) is 1. The van der Waals surface area contributed by atoms with E-state index in [9.17, 15) is 0 Å². The van der Waals surface area contributed by atoms with Crippen LogP contribution in [0.15, 0.2) is 23.6 Å². The van der Waals surface area contributed by atoms with E-state index in [1.807, 2.05) is 29.0 Å². The van der Waals surface area contributed by atoms with E-state index < -0.39 is 0 Å². The average molecular weight is 328 g/mol. The van der Waals surface area contributed by atoms with Gasteiger partial charge in [-0.3, -0.25) is 4.90 Å². The van der Waals surface area contributed by atoms with Crippen LogP contribution in [0.4, 0.5) is 0 Å². The summed E-state index contributed by atoms with van der Waals surface area (Å²) in [6, 6.07) is 9.11. The van der Waals surface area contributed by atoms with Gasteiger partial charge in [-0.05, 0) is 55.9 Å². The van der Waals surface area contributed by atoms with Crippen LogP contribution in [0.1, 0.15) is 40.7 Å². The van der Waals surface area contributed by atoms with E-state index in [2.05, 4.69) is 40.7 Å². The molecule has 1 saturated heterocycles. The minimum atomic E-state index is 0.469. The van der Waals surface area contributed by atoms with Crippen LogP contribution >= 0.6 is 11.3 Å². The number of nitriles is 1. The maximum Gasteiger partial charge on any atom is 0.120 e. The molecular weight excluding hydrogens is 304 g/mol. The lowest BCUT2D eigenvalue weighted by Gasteiger charge is -2.27. The van der Waals surface area contributed by atoms with Gasteiger partial charge in [-0.15, -0.1) is 11.3 Å². The monoisotopic (exact) mass is 328 g/mol. The Morgan fingerprint density at radius 3 is 2.78 bits per heavy atom. The second-order valence-corrected chi connectivity index (χ2v) is 7.20. The summed E-state index contributed by atoms with van der Waals surface area (Å²) in [5.41, 5.74) is 3.12. The summed E-state index contributed by atoms with van der Waals surface area (Å²) in [5.74, 6) is 0. The van der Waals surface area contributed by atoms with Gasteiger partial charge in [-0.25, -0.2) is 0 Å². The van der Waals surface area contributed by atoms with Crippen molar-refractivity contribution in [1.29, 1.82) is 5.26 Å². The number of likely N-dealkylation sites (tertiary alicyclic amines) is 1. The van der Waals surface area contributed by atoms with Gasteiger partial charge in [0.05, 0.1) is 6.04 Å². The molecule has 3 rings (SSSR count). The van der Waals surface area contributed by atoms with Gasteiger partial charge in [-0.1, -0.05) is 6.07 Å². The maximum absolute atomic E-state index is 9.14. The van der Waals surface area contributed by atoms with Crippen LogP contribution < -0.4 is 5.32 Å². The number of rotatable bonds is 6. The summed E-state index contributed by atoms with van der Waals surface area (Å²) in [6.07, 6.45) is 2.62. The Morgan fingerprint density at radius 1 is 1.39 bits per heavy atom. The van der Waals surface area contributed by atoms with E-state index >= 15 is 0 Å². The smallest absolute Gasteiger partial charge is 0.120 e. The first-order valence-electron chi connectivity index (χ1n) is 8.24. The summed E-state index contributed by atoms with van der Waals surface area (Å²) < 4.78 is 1.97. The summed E-state index contributed by atoms with van der Waals surface area (Å²) >= 11 is 1.85. The van der Waals surface area contributed by atoms with Crippen LogP contribution in [0.5, 0.6) is 0 Å². The molecule has 5 heteroatoms. The molecule has 122 valence electrons. The van der Waals surface area contributed by atoms with Gasteiger partial charge in [0.2, 0.25) is 0 Å². The molecule has 0 saturated carbocycles. The van der Waals surface area contributed by atoms with Crippen molar-refractivity contribution in [2.45, 2.75) is 32.4 Å². The largest absolute Gasteiger partial charge is 0.340 e. The van der Waals surface area contributed by atoms with Crippen molar-refractivity contribution in [3.05, 3.63) is 45.4 Å². The maximum atomic E-state index is 9.14. The van der Waals surface area contributed by atoms with Gasteiger partial charge in [0, 0.05) is 30.7 Å². The number of hydrogen-bond acceptors (Lipinski definition) is 4. The molecule has 23 heavy (non-hydrogen) atoms. The second kappa shape index (κ2) is 7.31. The van der Waals surface area contributed by atoms with E-state index in [-0.39, 0.29) is 0 Å². The molecule has 0 aliphatic carbocycles. The lowest BCUT2D eigenvalue weighted by molar-refractivity contribution is 0.241. The Labute approximate surface area is 142 Å². The van der Waals surface area contributed by atoms with Crippen LogP contribution in [0.3, 0.4) is 0 Å². The molecule has 0 radical (unpaired) electrons. The van der Waals surface area contributed by atoms with E-state index in [1.165, 1.54) is 42.1 Å².